The molecule has 6 heteroatoms. The van der Waals surface area contributed by atoms with Crippen molar-refractivity contribution in [1.82, 2.24) is 4.90 Å². The van der Waals surface area contributed by atoms with Crippen LogP contribution in [0.1, 0.15) is 27.2 Å². The molecule has 1 rings (SSSR count). The number of aliphatic imine (C=N–C) groups is 1. The molecule has 18 heavy (non-hydrogen) atoms. The average molecular weight is 275 g/mol. The predicted octanol–water partition coefficient (Wildman–Crippen LogP) is 1.44. The Hall–Kier alpha value is -0.620. The number of amides is 1. The third-order valence-corrected chi connectivity index (χ3v) is 4.12. The lowest BCUT2D eigenvalue weighted by atomic mass is 10.3. The molecular formula is C12H22FN3OS. The van der Waals surface area contributed by atoms with Crippen LogP contribution in [-0.4, -0.2) is 52.9 Å². The monoisotopic (exact) mass is 275 g/mol. The molecule has 0 unspecified atom stereocenters. The highest BCUT2D eigenvalue weighted by Crippen LogP contribution is 2.25. The van der Waals surface area contributed by atoms with Gasteiger partial charge in [-0.2, -0.15) is 11.8 Å². The Morgan fingerprint density at radius 1 is 1.67 bits per heavy atom. The lowest BCUT2D eigenvalue weighted by molar-refractivity contribution is -0.132. The molecule has 4 nitrogen and oxygen atoms in total. The van der Waals surface area contributed by atoms with Crippen molar-refractivity contribution in [3.05, 3.63) is 0 Å². The summed E-state index contributed by atoms with van der Waals surface area (Å²) in [6.45, 7) is 9.68. The first-order valence-electron chi connectivity index (χ1n) is 6.04. The Bertz CT molecular complexity index is 319. The molecule has 0 aromatic rings. The Morgan fingerprint density at radius 3 is 2.78 bits per heavy atom. The van der Waals surface area contributed by atoms with Gasteiger partial charge in [-0.05, 0) is 6.72 Å². The molecule has 1 heterocycles. The Kier molecular flexibility index (Phi) is 5.16. The third-order valence-electron chi connectivity index (χ3n) is 2.73. The quantitative estimate of drug-likeness (QED) is 0.790. The minimum atomic E-state index is -1.02. The van der Waals surface area contributed by atoms with Gasteiger partial charge in [0.25, 0.3) is 0 Å². The van der Waals surface area contributed by atoms with Gasteiger partial charge >= 0.3 is 0 Å². The van der Waals surface area contributed by atoms with E-state index in [4.69, 9.17) is 5.73 Å². The molecule has 1 saturated heterocycles. The minimum absolute atomic E-state index is 0.0572. The first-order valence-corrected chi connectivity index (χ1v) is 7.03. The van der Waals surface area contributed by atoms with Crippen LogP contribution in [0.5, 0.6) is 0 Å². The van der Waals surface area contributed by atoms with Gasteiger partial charge in [0, 0.05) is 16.9 Å². The van der Waals surface area contributed by atoms with Crippen LogP contribution in [0.2, 0.25) is 0 Å². The maximum atomic E-state index is 13.3. The number of carbonyl (C=O) groups is 1. The van der Waals surface area contributed by atoms with Crippen molar-refractivity contribution < 1.29 is 9.18 Å². The summed E-state index contributed by atoms with van der Waals surface area (Å²) >= 11 is 1.63. The summed E-state index contributed by atoms with van der Waals surface area (Å²) in [5.74, 6) is 0.295. The van der Waals surface area contributed by atoms with E-state index < -0.39 is 18.4 Å². The molecule has 1 fully saturated rings. The van der Waals surface area contributed by atoms with Gasteiger partial charge in [0.1, 0.15) is 12.3 Å². The zero-order valence-corrected chi connectivity index (χ0v) is 12.0. The number of alkyl halides is 1. The molecule has 0 radical (unpaired) electrons. The van der Waals surface area contributed by atoms with Crippen molar-refractivity contribution in [1.29, 1.82) is 0 Å². The van der Waals surface area contributed by atoms with Crippen LogP contribution in [0.25, 0.3) is 0 Å². The van der Waals surface area contributed by atoms with E-state index in [1.165, 1.54) is 4.90 Å². The van der Waals surface area contributed by atoms with Gasteiger partial charge in [-0.3, -0.25) is 9.79 Å². The molecule has 1 amide bonds. The smallest absolute Gasteiger partial charge is 0.242 e. The van der Waals surface area contributed by atoms with Crippen molar-refractivity contribution >= 4 is 24.4 Å². The first-order chi connectivity index (χ1) is 8.24. The molecular weight excluding hydrogens is 253 g/mol. The second-order valence-electron chi connectivity index (χ2n) is 5.52. The number of nitrogens with zero attached hydrogens (tertiary/aromatic N) is 2. The fraction of sp³-hybridized carbons (Fsp3) is 0.833. The summed E-state index contributed by atoms with van der Waals surface area (Å²) in [4.78, 5) is 17.3. The highest BCUT2D eigenvalue weighted by Gasteiger charge is 2.36. The fourth-order valence-electron chi connectivity index (χ4n) is 1.80. The Morgan fingerprint density at radius 2 is 2.28 bits per heavy atom. The largest absolute Gasteiger partial charge is 0.319 e. The molecule has 0 spiro atoms. The van der Waals surface area contributed by atoms with E-state index in [2.05, 4.69) is 32.5 Å². The van der Waals surface area contributed by atoms with E-state index in [-0.39, 0.29) is 23.6 Å². The second kappa shape index (κ2) is 6.02. The molecule has 0 aromatic carbocycles. The second-order valence-corrected chi connectivity index (χ2v) is 7.36. The molecule has 1 aliphatic heterocycles. The van der Waals surface area contributed by atoms with Crippen LogP contribution in [0, 0.1) is 0 Å². The number of rotatable bonds is 4. The molecule has 0 aliphatic carbocycles. The molecule has 2 N–H and O–H groups in total. The van der Waals surface area contributed by atoms with Gasteiger partial charge in [0.2, 0.25) is 5.91 Å². The number of carbonyl (C=O) groups excluding carboxylic acids is 1. The lowest BCUT2D eigenvalue weighted by Gasteiger charge is -2.26. The topological polar surface area (TPSA) is 58.7 Å². The highest BCUT2D eigenvalue weighted by atomic mass is 32.2. The number of hydrogen-bond donors (Lipinski definition) is 1. The maximum absolute atomic E-state index is 13.3. The highest BCUT2D eigenvalue weighted by molar-refractivity contribution is 8.00. The Balaban J connectivity index is 2.55. The van der Waals surface area contributed by atoms with E-state index in [0.29, 0.717) is 5.75 Å². The summed E-state index contributed by atoms with van der Waals surface area (Å²) in [6, 6.07) is -0.608. The molecule has 0 saturated carbocycles. The summed E-state index contributed by atoms with van der Waals surface area (Å²) in [5.41, 5.74) is 5.87. The van der Waals surface area contributed by atoms with Crippen molar-refractivity contribution in [2.24, 2.45) is 10.7 Å². The van der Waals surface area contributed by atoms with Crippen LogP contribution >= 0.6 is 11.8 Å². The number of halogens is 1. The molecule has 3 atom stereocenters. The zero-order valence-electron chi connectivity index (χ0n) is 11.2. The van der Waals surface area contributed by atoms with Crippen LogP contribution in [0.3, 0.4) is 0 Å². The van der Waals surface area contributed by atoms with Crippen LogP contribution in [-0.2, 0) is 4.79 Å². The van der Waals surface area contributed by atoms with Crippen molar-refractivity contribution in [3.8, 4) is 0 Å². The predicted molar refractivity (Wildman–Crippen MR) is 74.7 cm³/mol. The normalized spacial score (nSPS) is 26.2. The van der Waals surface area contributed by atoms with Gasteiger partial charge in [-0.1, -0.05) is 20.8 Å². The van der Waals surface area contributed by atoms with E-state index in [0.717, 1.165) is 0 Å². The van der Waals surface area contributed by atoms with Gasteiger partial charge in [-0.15, -0.1) is 0 Å². The fourth-order valence-corrected chi connectivity index (χ4v) is 2.62. The SMILES string of the molecule is C=N[C@@H]1C[C@H](F)CN1C(=O)[C@@H](N)CSC(C)(C)C. The van der Waals surface area contributed by atoms with Crippen molar-refractivity contribution in [2.75, 3.05) is 12.3 Å². The number of nitrogens with two attached hydrogens (primary N) is 1. The summed E-state index contributed by atoms with van der Waals surface area (Å²) in [6.07, 6.45) is -1.25. The lowest BCUT2D eigenvalue weighted by Crippen LogP contribution is -2.47. The average Bonchev–Trinajstić information content (AvgIpc) is 2.65. The standard InChI is InChI=1S/C12H22FN3OS/c1-12(2,3)18-7-9(14)11(17)16-6-8(13)5-10(16)15-4/h8-10H,4-7,14H2,1-3H3/t8-,9-,10-/m0/s1. The number of likely N-dealkylation sites (tertiary alicyclic amines) is 1. The zero-order chi connectivity index (χ0) is 13.9. The first kappa shape index (κ1) is 15.4. The maximum Gasteiger partial charge on any atom is 0.242 e. The summed E-state index contributed by atoms with van der Waals surface area (Å²) in [7, 11) is 0. The van der Waals surface area contributed by atoms with Gasteiger partial charge in [0.15, 0.2) is 0 Å². The minimum Gasteiger partial charge on any atom is -0.319 e. The van der Waals surface area contributed by atoms with E-state index >= 15 is 0 Å². The summed E-state index contributed by atoms with van der Waals surface area (Å²) < 4.78 is 13.3. The number of thioether (sulfide) groups is 1. The third kappa shape index (κ3) is 4.24. The van der Waals surface area contributed by atoms with E-state index in [1.54, 1.807) is 11.8 Å². The molecule has 0 bridgehead atoms. The molecule has 1 aliphatic rings. The van der Waals surface area contributed by atoms with Crippen molar-refractivity contribution in [2.45, 2.75) is 50.3 Å². The van der Waals surface area contributed by atoms with Crippen molar-refractivity contribution in [3.63, 3.8) is 0 Å². The van der Waals surface area contributed by atoms with Crippen LogP contribution in [0.15, 0.2) is 4.99 Å². The van der Waals surface area contributed by atoms with E-state index in [1.807, 2.05) is 0 Å². The van der Waals surface area contributed by atoms with Crippen LogP contribution in [0.4, 0.5) is 4.39 Å². The van der Waals surface area contributed by atoms with Crippen LogP contribution < -0.4 is 5.73 Å². The van der Waals surface area contributed by atoms with Gasteiger partial charge in [0.05, 0.1) is 12.6 Å². The van der Waals surface area contributed by atoms with E-state index in [9.17, 15) is 9.18 Å². The van der Waals surface area contributed by atoms with Gasteiger partial charge in [-0.25, -0.2) is 4.39 Å². The Labute approximate surface area is 112 Å². The molecule has 104 valence electrons. The van der Waals surface area contributed by atoms with Gasteiger partial charge < -0.3 is 10.6 Å². The number of hydrogen-bond acceptors (Lipinski definition) is 4. The molecule has 0 aromatic heterocycles. The summed E-state index contributed by atoms with van der Waals surface area (Å²) in [5, 5.41) is 0.